The molecule has 1 rings (SSSR count). The smallest absolute Gasteiger partial charge is 0.191 e. The Morgan fingerprint density at radius 2 is 1.95 bits per heavy atom. The summed E-state index contributed by atoms with van der Waals surface area (Å²) in [5, 5.41) is 6.74. The predicted molar refractivity (Wildman–Crippen MR) is 83.7 cm³/mol. The lowest BCUT2D eigenvalue weighted by Gasteiger charge is -2.30. The van der Waals surface area contributed by atoms with Gasteiger partial charge in [0.2, 0.25) is 0 Å². The van der Waals surface area contributed by atoms with E-state index in [9.17, 15) is 0 Å². The van der Waals surface area contributed by atoms with Gasteiger partial charge in [-0.3, -0.25) is 4.99 Å². The Labute approximate surface area is 119 Å². The normalized spacial score (nSPS) is 18.6. The molecule has 0 aromatic carbocycles. The molecule has 4 heteroatoms. The Kier molecular flexibility index (Phi) is 8.63. The molecule has 0 saturated carbocycles. The number of unbranched alkanes of at least 4 members (excludes halogenated alkanes) is 1. The van der Waals surface area contributed by atoms with Crippen molar-refractivity contribution in [2.45, 2.75) is 46.5 Å². The monoisotopic (exact) mass is 268 g/mol. The van der Waals surface area contributed by atoms with Gasteiger partial charge in [0.1, 0.15) is 0 Å². The Hall–Kier alpha value is -0.770. The maximum Gasteiger partial charge on any atom is 0.191 e. The summed E-state index contributed by atoms with van der Waals surface area (Å²) >= 11 is 0. The third-order valence-electron chi connectivity index (χ3n) is 3.72. The highest BCUT2D eigenvalue weighted by Gasteiger charge is 2.14. The van der Waals surface area contributed by atoms with E-state index >= 15 is 0 Å². The molecule has 19 heavy (non-hydrogen) atoms. The molecule has 0 aromatic rings. The SMILES string of the molecule is CCCCN=C(NCC)NCCN1CCC(C)CC1. The zero-order chi connectivity index (χ0) is 13.9. The number of rotatable bonds is 7. The van der Waals surface area contributed by atoms with Crippen molar-refractivity contribution >= 4 is 5.96 Å². The van der Waals surface area contributed by atoms with Gasteiger partial charge in [0.05, 0.1) is 0 Å². The maximum absolute atomic E-state index is 4.57. The lowest BCUT2D eigenvalue weighted by Crippen LogP contribution is -2.43. The fourth-order valence-corrected chi connectivity index (χ4v) is 2.31. The Morgan fingerprint density at radius 1 is 1.21 bits per heavy atom. The number of likely N-dealkylation sites (tertiary alicyclic amines) is 1. The molecule has 1 fully saturated rings. The third-order valence-corrected chi connectivity index (χ3v) is 3.72. The van der Waals surface area contributed by atoms with Gasteiger partial charge in [-0.15, -0.1) is 0 Å². The van der Waals surface area contributed by atoms with Crippen molar-refractivity contribution in [2.75, 3.05) is 39.3 Å². The van der Waals surface area contributed by atoms with Gasteiger partial charge in [-0.1, -0.05) is 20.3 Å². The molecule has 1 saturated heterocycles. The fraction of sp³-hybridized carbons (Fsp3) is 0.933. The molecule has 0 atom stereocenters. The molecular weight excluding hydrogens is 236 g/mol. The Balaban J connectivity index is 2.18. The van der Waals surface area contributed by atoms with Gasteiger partial charge >= 0.3 is 0 Å². The number of hydrogen-bond donors (Lipinski definition) is 2. The molecule has 4 nitrogen and oxygen atoms in total. The Bertz CT molecular complexity index is 245. The molecule has 0 aliphatic carbocycles. The molecule has 2 N–H and O–H groups in total. The summed E-state index contributed by atoms with van der Waals surface area (Å²) < 4.78 is 0. The zero-order valence-corrected chi connectivity index (χ0v) is 13.0. The topological polar surface area (TPSA) is 39.7 Å². The van der Waals surface area contributed by atoms with Crippen LogP contribution in [0.2, 0.25) is 0 Å². The largest absolute Gasteiger partial charge is 0.357 e. The van der Waals surface area contributed by atoms with Crippen LogP contribution < -0.4 is 10.6 Å². The minimum absolute atomic E-state index is 0.914. The number of piperidine rings is 1. The van der Waals surface area contributed by atoms with E-state index in [2.05, 4.69) is 41.3 Å². The van der Waals surface area contributed by atoms with Crippen molar-refractivity contribution in [3.63, 3.8) is 0 Å². The quantitative estimate of drug-likeness (QED) is 0.422. The summed E-state index contributed by atoms with van der Waals surface area (Å²) in [5.41, 5.74) is 0. The van der Waals surface area contributed by atoms with E-state index in [0.717, 1.165) is 38.1 Å². The molecule has 0 spiro atoms. The van der Waals surface area contributed by atoms with Crippen molar-refractivity contribution in [1.82, 2.24) is 15.5 Å². The molecule has 0 radical (unpaired) electrons. The van der Waals surface area contributed by atoms with E-state index in [1.807, 2.05) is 0 Å². The van der Waals surface area contributed by atoms with Gasteiger partial charge in [0, 0.05) is 26.2 Å². The van der Waals surface area contributed by atoms with Crippen molar-refractivity contribution in [3.05, 3.63) is 0 Å². The Morgan fingerprint density at radius 3 is 2.58 bits per heavy atom. The number of aliphatic imine (C=N–C) groups is 1. The average molecular weight is 268 g/mol. The first-order valence-corrected chi connectivity index (χ1v) is 8.00. The van der Waals surface area contributed by atoms with Crippen LogP contribution in [0.1, 0.15) is 46.5 Å². The molecule has 1 aliphatic rings. The van der Waals surface area contributed by atoms with E-state index in [1.165, 1.54) is 38.8 Å². The molecular formula is C15H32N4. The van der Waals surface area contributed by atoms with E-state index in [-0.39, 0.29) is 0 Å². The summed E-state index contributed by atoms with van der Waals surface area (Å²) in [4.78, 5) is 7.13. The second-order valence-electron chi connectivity index (χ2n) is 5.57. The van der Waals surface area contributed by atoms with Gasteiger partial charge in [-0.25, -0.2) is 0 Å². The first-order valence-electron chi connectivity index (χ1n) is 8.00. The number of nitrogens with zero attached hydrogens (tertiary/aromatic N) is 2. The second kappa shape index (κ2) is 10.1. The van der Waals surface area contributed by atoms with Crippen molar-refractivity contribution in [3.8, 4) is 0 Å². The molecule has 0 amide bonds. The van der Waals surface area contributed by atoms with Gasteiger partial charge < -0.3 is 15.5 Å². The van der Waals surface area contributed by atoms with Crippen LogP contribution in [0.15, 0.2) is 4.99 Å². The second-order valence-corrected chi connectivity index (χ2v) is 5.57. The zero-order valence-electron chi connectivity index (χ0n) is 13.0. The van der Waals surface area contributed by atoms with Crippen LogP contribution in [-0.4, -0.2) is 50.1 Å². The highest BCUT2D eigenvalue weighted by Crippen LogP contribution is 2.14. The van der Waals surface area contributed by atoms with Crippen molar-refractivity contribution in [2.24, 2.45) is 10.9 Å². The van der Waals surface area contributed by atoms with E-state index in [4.69, 9.17) is 0 Å². The van der Waals surface area contributed by atoms with Gasteiger partial charge in [-0.05, 0) is 45.2 Å². The molecule has 112 valence electrons. The lowest BCUT2D eigenvalue weighted by atomic mass is 9.99. The first-order chi connectivity index (χ1) is 9.26. The number of nitrogens with one attached hydrogen (secondary N) is 2. The third kappa shape index (κ3) is 7.41. The minimum Gasteiger partial charge on any atom is -0.357 e. The van der Waals surface area contributed by atoms with Crippen LogP contribution >= 0.6 is 0 Å². The number of guanidine groups is 1. The highest BCUT2D eigenvalue weighted by atomic mass is 15.2. The van der Waals surface area contributed by atoms with Crippen LogP contribution in [0.25, 0.3) is 0 Å². The predicted octanol–water partition coefficient (Wildman–Crippen LogP) is 2.07. The van der Waals surface area contributed by atoms with Gasteiger partial charge in [0.25, 0.3) is 0 Å². The van der Waals surface area contributed by atoms with Crippen LogP contribution in [0, 0.1) is 5.92 Å². The molecule has 0 bridgehead atoms. The lowest BCUT2D eigenvalue weighted by molar-refractivity contribution is 0.195. The molecule has 1 aliphatic heterocycles. The summed E-state index contributed by atoms with van der Waals surface area (Å²) in [7, 11) is 0. The molecule has 0 aromatic heterocycles. The van der Waals surface area contributed by atoms with Crippen molar-refractivity contribution < 1.29 is 0 Å². The highest BCUT2D eigenvalue weighted by molar-refractivity contribution is 5.79. The maximum atomic E-state index is 4.57. The van der Waals surface area contributed by atoms with E-state index in [1.54, 1.807) is 0 Å². The van der Waals surface area contributed by atoms with Crippen LogP contribution in [0.5, 0.6) is 0 Å². The average Bonchev–Trinajstić information content (AvgIpc) is 2.41. The number of hydrogen-bond acceptors (Lipinski definition) is 2. The summed E-state index contributed by atoms with van der Waals surface area (Å²) in [6.07, 6.45) is 5.07. The summed E-state index contributed by atoms with van der Waals surface area (Å²) in [6.45, 7) is 13.2. The van der Waals surface area contributed by atoms with E-state index < -0.39 is 0 Å². The minimum atomic E-state index is 0.914. The van der Waals surface area contributed by atoms with E-state index in [0.29, 0.717) is 0 Å². The summed E-state index contributed by atoms with van der Waals surface area (Å²) in [5.74, 6) is 1.89. The standard InChI is InChI=1S/C15H32N4/c1-4-6-9-17-15(16-5-2)18-10-13-19-11-7-14(3)8-12-19/h14H,4-13H2,1-3H3,(H2,16,17,18). The van der Waals surface area contributed by atoms with Crippen LogP contribution in [0.3, 0.4) is 0 Å². The molecule has 1 heterocycles. The fourth-order valence-electron chi connectivity index (χ4n) is 2.31. The first kappa shape index (κ1) is 16.3. The van der Waals surface area contributed by atoms with Gasteiger partial charge in [0.15, 0.2) is 5.96 Å². The van der Waals surface area contributed by atoms with Crippen LogP contribution in [0.4, 0.5) is 0 Å². The molecule has 0 unspecified atom stereocenters. The van der Waals surface area contributed by atoms with Crippen molar-refractivity contribution in [1.29, 1.82) is 0 Å². The summed E-state index contributed by atoms with van der Waals surface area (Å²) in [6, 6.07) is 0. The van der Waals surface area contributed by atoms with Gasteiger partial charge in [-0.2, -0.15) is 0 Å². The van der Waals surface area contributed by atoms with Crippen LogP contribution in [-0.2, 0) is 0 Å².